The zero-order valence-corrected chi connectivity index (χ0v) is 15.3. The van der Waals surface area contributed by atoms with E-state index in [2.05, 4.69) is 22.7 Å². The molecule has 2 aromatic rings. The molecule has 3 aliphatic rings. The van der Waals surface area contributed by atoms with Crippen molar-refractivity contribution in [2.75, 3.05) is 0 Å². The van der Waals surface area contributed by atoms with E-state index in [1.165, 1.54) is 12.1 Å². The second kappa shape index (κ2) is 6.70. The number of benzene rings is 1. The Morgan fingerprint density at radius 2 is 2.00 bits per heavy atom. The molecule has 1 fully saturated rings. The molecule has 0 saturated heterocycles. The highest BCUT2D eigenvalue weighted by Crippen LogP contribution is 2.33. The Hall–Kier alpha value is -2.86. The van der Waals surface area contributed by atoms with E-state index in [0.717, 1.165) is 46.1 Å². The van der Waals surface area contributed by atoms with Gasteiger partial charge >= 0.3 is 0 Å². The fraction of sp³-hybridized carbons (Fsp3) is 0.190. The Morgan fingerprint density at radius 1 is 1.15 bits per heavy atom. The van der Waals surface area contributed by atoms with Crippen LogP contribution in [0, 0.1) is 5.82 Å². The predicted octanol–water partition coefficient (Wildman–Crippen LogP) is 4.43. The van der Waals surface area contributed by atoms with E-state index < -0.39 is 0 Å². The Kier molecular flexibility index (Phi) is 4.05. The maximum Gasteiger partial charge on any atom is 0.135 e. The Morgan fingerprint density at radius 3 is 2.74 bits per heavy atom. The van der Waals surface area contributed by atoms with E-state index in [-0.39, 0.29) is 11.7 Å². The number of amidine groups is 1. The molecule has 0 spiro atoms. The van der Waals surface area contributed by atoms with E-state index in [1.807, 2.05) is 29.7 Å². The van der Waals surface area contributed by atoms with Crippen molar-refractivity contribution >= 4 is 28.6 Å². The number of nitrogens with zero attached hydrogens (tertiary/aromatic N) is 3. The van der Waals surface area contributed by atoms with Crippen LogP contribution in [0.15, 0.2) is 80.8 Å². The van der Waals surface area contributed by atoms with Crippen LogP contribution in [0.25, 0.3) is 0 Å². The van der Waals surface area contributed by atoms with Crippen molar-refractivity contribution < 1.29 is 4.39 Å². The van der Waals surface area contributed by atoms with Gasteiger partial charge in [-0.05, 0) is 48.1 Å². The number of hydrogen-bond donors (Lipinski definition) is 1. The summed E-state index contributed by atoms with van der Waals surface area (Å²) in [5.41, 5.74) is 6.65. The molecule has 0 amide bonds. The number of aliphatic imine (C=N–C) groups is 2. The average Bonchev–Trinajstić information content (AvgIpc) is 3.38. The van der Waals surface area contributed by atoms with E-state index in [1.54, 1.807) is 17.5 Å². The van der Waals surface area contributed by atoms with Gasteiger partial charge in [0, 0.05) is 11.8 Å². The number of thiophene rings is 1. The molecule has 134 valence electrons. The van der Waals surface area contributed by atoms with Crippen LogP contribution in [0.5, 0.6) is 0 Å². The molecule has 5 rings (SSSR count). The van der Waals surface area contributed by atoms with Crippen molar-refractivity contribution in [1.29, 1.82) is 0 Å². The lowest BCUT2D eigenvalue weighted by Crippen LogP contribution is -2.23. The first-order chi connectivity index (χ1) is 13.3. The molecule has 1 aromatic carbocycles. The molecule has 0 radical (unpaired) electrons. The van der Waals surface area contributed by atoms with Crippen LogP contribution in [0.1, 0.15) is 29.2 Å². The number of dihydropyridines is 1. The minimum atomic E-state index is -0.241. The second-order valence-corrected chi connectivity index (χ2v) is 7.67. The summed E-state index contributed by atoms with van der Waals surface area (Å²) in [4.78, 5) is 10.8. The normalized spacial score (nSPS) is 23.1. The topological polar surface area (TPSA) is 49.1 Å². The van der Waals surface area contributed by atoms with Gasteiger partial charge in [-0.2, -0.15) is 5.10 Å². The third-order valence-corrected chi connectivity index (χ3v) is 5.59. The molecule has 1 aliphatic carbocycles. The summed E-state index contributed by atoms with van der Waals surface area (Å²) in [5.74, 6) is 0.441. The highest BCUT2D eigenvalue weighted by atomic mass is 32.1. The van der Waals surface area contributed by atoms with Crippen molar-refractivity contribution in [3.05, 3.63) is 82.0 Å². The molecule has 2 aliphatic heterocycles. The highest BCUT2D eigenvalue weighted by molar-refractivity contribution is 7.12. The molecule has 1 atom stereocenters. The summed E-state index contributed by atoms with van der Waals surface area (Å²) in [6.45, 7) is 0. The number of halogens is 1. The molecule has 1 saturated carbocycles. The minimum Gasteiger partial charge on any atom is -0.285 e. The molecule has 3 heterocycles. The van der Waals surface area contributed by atoms with Gasteiger partial charge in [0.25, 0.3) is 0 Å². The van der Waals surface area contributed by atoms with Crippen LogP contribution in [-0.4, -0.2) is 23.3 Å². The van der Waals surface area contributed by atoms with Gasteiger partial charge in [-0.25, -0.2) is 9.38 Å². The van der Waals surface area contributed by atoms with Crippen LogP contribution >= 0.6 is 11.3 Å². The first kappa shape index (κ1) is 16.3. The number of hydrogen-bond acceptors (Lipinski definition) is 4. The monoisotopic (exact) mass is 376 g/mol. The van der Waals surface area contributed by atoms with Crippen molar-refractivity contribution in [2.45, 2.75) is 24.8 Å². The van der Waals surface area contributed by atoms with Crippen molar-refractivity contribution in [3.8, 4) is 0 Å². The Balaban J connectivity index is 1.64. The third-order valence-electron chi connectivity index (χ3n) is 4.72. The summed E-state index contributed by atoms with van der Waals surface area (Å²) in [5, 5.41) is 6.57. The molecule has 0 bridgehead atoms. The molecule has 27 heavy (non-hydrogen) atoms. The van der Waals surface area contributed by atoms with Gasteiger partial charge in [-0.1, -0.05) is 24.3 Å². The van der Waals surface area contributed by atoms with Crippen LogP contribution in [0.4, 0.5) is 4.39 Å². The van der Waals surface area contributed by atoms with Crippen LogP contribution in [-0.2, 0) is 0 Å². The van der Waals surface area contributed by atoms with E-state index in [9.17, 15) is 4.39 Å². The predicted molar refractivity (Wildman–Crippen MR) is 108 cm³/mol. The lowest BCUT2D eigenvalue weighted by Gasteiger charge is -2.22. The zero-order valence-electron chi connectivity index (χ0n) is 14.5. The summed E-state index contributed by atoms with van der Waals surface area (Å²) in [6.07, 6.45) is 8.10. The average molecular weight is 376 g/mol. The zero-order chi connectivity index (χ0) is 18.2. The molecule has 1 aromatic heterocycles. The SMILES string of the molecule is Fc1ccc(C2C=C3C(=NC2=NC2CC2)C=CNN=C3c2cccs2)cc1. The van der Waals surface area contributed by atoms with Gasteiger partial charge in [0.1, 0.15) is 17.4 Å². The number of hydrazone groups is 1. The molecule has 6 heteroatoms. The Bertz CT molecular complexity index is 1010. The maximum atomic E-state index is 13.4. The summed E-state index contributed by atoms with van der Waals surface area (Å²) in [6, 6.07) is 11.0. The van der Waals surface area contributed by atoms with Crippen molar-refractivity contribution in [1.82, 2.24) is 5.43 Å². The first-order valence-electron chi connectivity index (χ1n) is 8.96. The molecule has 4 nitrogen and oxygen atoms in total. The van der Waals surface area contributed by atoms with Crippen LogP contribution in [0.2, 0.25) is 0 Å². The van der Waals surface area contributed by atoms with Crippen molar-refractivity contribution in [2.24, 2.45) is 15.1 Å². The van der Waals surface area contributed by atoms with Crippen molar-refractivity contribution in [3.63, 3.8) is 0 Å². The second-order valence-electron chi connectivity index (χ2n) is 6.73. The van der Waals surface area contributed by atoms with Gasteiger partial charge in [0.2, 0.25) is 0 Å². The number of fused-ring (bicyclic) bond motifs is 1. The summed E-state index contributed by atoms with van der Waals surface area (Å²) in [7, 11) is 0. The van der Waals surface area contributed by atoms with Gasteiger partial charge in [-0.3, -0.25) is 10.4 Å². The molecule has 1 N–H and O–H groups in total. The number of rotatable bonds is 3. The van der Waals surface area contributed by atoms with Crippen LogP contribution < -0.4 is 5.43 Å². The molecule has 1 unspecified atom stereocenters. The molecular formula is C21H17FN4S. The quantitative estimate of drug-likeness (QED) is 0.846. The maximum absolute atomic E-state index is 13.4. The van der Waals surface area contributed by atoms with Crippen LogP contribution in [0.3, 0.4) is 0 Å². The van der Waals surface area contributed by atoms with Gasteiger partial charge in [-0.15, -0.1) is 11.3 Å². The molecular weight excluding hydrogens is 359 g/mol. The lowest BCUT2D eigenvalue weighted by atomic mass is 9.89. The van der Waals surface area contributed by atoms with E-state index >= 15 is 0 Å². The third kappa shape index (κ3) is 3.28. The number of allylic oxidation sites excluding steroid dienone is 2. The smallest absolute Gasteiger partial charge is 0.135 e. The summed E-state index contributed by atoms with van der Waals surface area (Å²) < 4.78 is 13.4. The fourth-order valence-electron chi connectivity index (χ4n) is 3.20. The highest BCUT2D eigenvalue weighted by Gasteiger charge is 2.30. The summed E-state index contributed by atoms with van der Waals surface area (Å²) >= 11 is 1.64. The van der Waals surface area contributed by atoms with E-state index in [0.29, 0.717) is 6.04 Å². The largest absolute Gasteiger partial charge is 0.285 e. The lowest BCUT2D eigenvalue weighted by molar-refractivity contribution is 0.627. The van der Waals surface area contributed by atoms with Gasteiger partial charge in [0.15, 0.2) is 0 Å². The van der Waals surface area contributed by atoms with Gasteiger partial charge in [0.05, 0.1) is 22.5 Å². The minimum absolute atomic E-state index is 0.110. The fourth-order valence-corrected chi connectivity index (χ4v) is 3.93. The Labute approximate surface area is 160 Å². The van der Waals surface area contributed by atoms with Gasteiger partial charge < -0.3 is 0 Å². The van der Waals surface area contributed by atoms with E-state index in [4.69, 9.17) is 9.98 Å². The number of nitrogens with one attached hydrogen (secondary N) is 1. The first-order valence-corrected chi connectivity index (χ1v) is 9.84. The standard InChI is InChI=1S/C21H17FN4S/c22-14-5-3-13(4-6-14)16-12-17-18(25-21(16)24-15-7-8-15)9-10-23-26-20(17)19-2-1-11-27-19/h1-6,9-12,15-16,23H,7-8H2.